The molecule has 25 heavy (non-hydrogen) atoms. The predicted molar refractivity (Wildman–Crippen MR) is 108 cm³/mol. The highest BCUT2D eigenvalue weighted by Gasteiger charge is 2.39. The Bertz CT molecular complexity index is 533. The monoisotopic (exact) mass is 402 g/mol. The van der Waals surface area contributed by atoms with Crippen molar-refractivity contribution in [2.45, 2.75) is 33.2 Å². The average molecular weight is 403 g/mol. The lowest BCUT2D eigenvalue weighted by molar-refractivity contribution is 0.0696. The van der Waals surface area contributed by atoms with Gasteiger partial charge in [-0.25, -0.2) is 0 Å². The molecule has 8 heteroatoms. The van der Waals surface area contributed by atoms with Crippen LogP contribution in [0.5, 0.6) is 0 Å². The van der Waals surface area contributed by atoms with Gasteiger partial charge in [-0.2, -0.15) is 0 Å². The van der Waals surface area contributed by atoms with Crippen LogP contribution in [0.15, 0.2) is 24.3 Å². The standard InChI is InChI=1S/C17H26O5S2Si/c1-4-20-25(21-5-2,22-6-3)13-7-12-19-17(24)15-10-8-14(9-11-15)16(18)23/h8-11H,4-7,12-13H2,1-3H3,(H,18,23). The molecule has 0 saturated heterocycles. The summed E-state index contributed by atoms with van der Waals surface area (Å²) in [6.07, 6.45) is 0.727. The molecule has 0 amide bonds. The zero-order valence-electron chi connectivity index (χ0n) is 14.9. The Morgan fingerprint density at radius 3 is 1.84 bits per heavy atom. The fourth-order valence-corrected chi connectivity index (χ4v) is 5.22. The molecule has 0 saturated carbocycles. The molecule has 5 nitrogen and oxygen atoms in total. The SMILES string of the molecule is CCO[Si](CCCOC(=S)c1ccc(C(O)=S)cc1)(OCC)OCC. The molecule has 0 aliphatic carbocycles. The van der Waals surface area contributed by atoms with Gasteiger partial charge >= 0.3 is 8.80 Å². The minimum absolute atomic E-state index is 0.137. The number of hydrogen-bond acceptors (Lipinski definition) is 6. The van der Waals surface area contributed by atoms with Crippen LogP contribution in [-0.2, 0) is 18.0 Å². The summed E-state index contributed by atoms with van der Waals surface area (Å²) in [7, 11) is -2.63. The van der Waals surface area contributed by atoms with Crippen molar-refractivity contribution in [1.29, 1.82) is 0 Å². The molecule has 0 bridgehead atoms. The van der Waals surface area contributed by atoms with E-state index < -0.39 is 8.80 Å². The van der Waals surface area contributed by atoms with Crippen LogP contribution in [-0.4, -0.2) is 50.4 Å². The summed E-state index contributed by atoms with van der Waals surface area (Å²) in [5.41, 5.74) is 1.36. The van der Waals surface area contributed by atoms with Crippen LogP contribution in [0.1, 0.15) is 38.3 Å². The third kappa shape index (κ3) is 7.47. The van der Waals surface area contributed by atoms with Gasteiger partial charge in [-0.3, -0.25) is 0 Å². The summed E-state index contributed by atoms with van der Waals surface area (Å²) in [6.45, 7) is 7.95. The second kappa shape index (κ2) is 11.7. The van der Waals surface area contributed by atoms with Gasteiger partial charge in [-0.1, -0.05) is 0 Å². The minimum Gasteiger partial charge on any atom is -0.499 e. The first-order valence-electron chi connectivity index (χ1n) is 8.40. The minimum atomic E-state index is -2.63. The molecule has 0 aliphatic rings. The first-order chi connectivity index (χ1) is 12.0. The first-order valence-corrected chi connectivity index (χ1v) is 11.1. The number of aliphatic hydroxyl groups is 1. The van der Waals surface area contributed by atoms with Crippen LogP contribution < -0.4 is 0 Å². The molecule has 1 aromatic carbocycles. The molecule has 1 aromatic rings. The third-order valence-electron chi connectivity index (χ3n) is 3.32. The van der Waals surface area contributed by atoms with Gasteiger partial charge < -0.3 is 23.1 Å². The molecule has 140 valence electrons. The van der Waals surface area contributed by atoms with Crippen molar-refractivity contribution in [2.75, 3.05) is 26.4 Å². The van der Waals surface area contributed by atoms with E-state index in [-0.39, 0.29) is 5.05 Å². The maximum Gasteiger partial charge on any atom is 0.501 e. The number of aliphatic hydroxyl groups excluding tert-OH is 1. The van der Waals surface area contributed by atoms with E-state index in [0.29, 0.717) is 43.1 Å². The summed E-state index contributed by atoms with van der Waals surface area (Å²) < 4.78 is 23.1. The van der Waals surface area contributed by atoms with Crippen LogP contribution >= 0.6 is 24.4 Å². The normalized spacial score (nSPS) is 11.3. The molecule has 0 fully saturated rings. The van der Waals surface area contributed by atoms with Crippen LogP contribution in [0.2, 0.25) is 6.04 Å². The molecule has 0 spiro atoms. The molecule has 0 unspecified atom stereocenters. The average Bonchev–Trinajstić information content (AvgIpc) is 2.59. The number of benzene rings is 1. The van der Waals surface area contributed by atoms with E-state index in [1.54, 1.807) is 24.3 Å². The quantitative estimate of drug-likeness (QED) is 0.321. The van der Waals surface area contributed by atoms with Gasteiger partial charge in [-0.15, -0.1) is 0 Å². The van der Waals surface area contributed by atoms with Crippen LogP contribution in [0.25, 0.3) is 0 Å². The maximum absolute atomic E-state index is 9.27. The van der Waals surface area contributed by atoms with Gasteiger partial charge in [0.05, 0.1) is 6.61 Å². The van der Waals surface area contributed by atoms with E-state index in [1.165, 1.54) is 0 Å². The first kappa shape index (κ1) is 22.1. The van der Waals surface area contributed by atoms with E-state index in [9.17, 15) is 5.11 Å². The fraction of sp³-hybridized carbons (Fsp3) is 0.529. The zero-order chi connectivity index (χ0) is 18.7. The fourth-order valence-electron chi connectivity index (χ4n) is 2.29. The highest BCUT2D eigenvalue weighted by molar-refractivity contribution is 7.80. The van der Waals surface area contributed by atoms with Crippen molar-refractivity contribution in [1.82, 2.24) is 0 Å². The molecular weight excluding hydrogens is 376 g/mol. The van der Waals surface area contributed by atoms with Crippen molar-refractivity contribution in [3.8, 4) is 0 Å². The van der Waals surface area contributed by atoms with Crippen molar-refractivity contribution in [3.05, 3.63) is 35.4 Å². The van der Waals surface area contributed by atoms with E-state index in [0.717, 1.165) is 12.0 Å². The topological polar surface area (TPSA) is 57.2 Å². The van der Waals surface area contributed by atoms with Crippen molar-refractivity contribution in [3.63, 3.8) is 0 Å². The largest absolute Gasteiger partial charge is 0.501 e. The highest BCUT2D eigenvalue weighted by Crippen LogP contribution is 2.18. The Labute approximate surface area is 161 Å². The lowest BCUT2D eigenvalue weighted by Crippen LogP contribution is -2.46. The molecule has 1 rings (SSSR count). The van der Waals surface area contributed by atoms with Crippen LogP contribution in [0.4, 0.5) is 0 Å². The molecule has 0 aliphatic heterocycles. The molecule has 0 radical (unpaired) electrons. The van der Waals surface area contributed by atoms with Crippen LogP contribution in [0.3, 0.4) is 0 Å². The zero-order valence-corrected chi connectivity index (χ0v) is 17.6. The summed E-state index contributed by atoms with van der Waals surface area (Å²) in [5.74, 6) is 0. The van der Waals surface area contributed by atoms with E-state index in [1.807, 2.05) is 20.8 Å². The Hall–Kier alpha value is -0.903. The van der Waals surface area contributed by atoms with Crippen molar-refractivity contribution < 1.29 is 23.1 Å². The number of ether oxygens (including phenoxy) is 1. The highest BCUT2D eigenvalue weighted by atomic mass is 32.1. The Kier molecular flexibility index (Phi) is 10.3. The molecule has 0 aromatic heterocycles. The van der Waals surface area contributed by atoms with Gasteiger partial charge in [0.2, 0.25) is 0 Å². The molecule has 0 heterocycles. The molecular formula is C17H26O5S2Si. The summed E-state index contributed by atoms with van der Waals surface area (Å²) in [4.78, 5) is 0. The lowest BCUT2D eigenvalue weighted by Gasteiger charge is -2.28. The lowest BCUT2D eigenvalue weighted by atomic mass is 10.1. The van der Waals surface area contributed by atoms with Gasteiger partial charge in [0.25, 0.3) is 0 Å². The summed E-state index contributed by atoms with van der Waals surface area (Å²) in [5, 5.41) is 9.54. The summed E-state index contributed by atoms with van der Waals surface area (Å²) >= 11 is 10.0. The number of thiocarbonyl (C=S) groups is 2. The van der Waals surface area contributed by atoms with E-state index in [2.05, 4.69) is 0 Å². The van der Waals surface area contributed by atoms with Crippen molar-refractivity contribution in [2.24, 2.45) is 0 Å². The Morgan fingerprint density at radius 1 is 0.920 bits per heavy atom. The Balaban J connectivity index is 2.51. The summed E-state index contributed by atoms with van der Waals surface area (Å²) in [6, 6.07) is 7.66. The second-order valence-electron chi connectivity index (χ2n) is 5.10. The van der Waals surface area contributed by atoms with Crippen LogP contribution in [0, 0.1) is 0 Å². The molecule has 0 atom stereocenters. The third-order valence-corrected chi connectivity index (χ3v) is 7.06. The van der Waals surface area contributed by atoms with E-state index in [4.69, 9.17) is 42.5 Å². The number of hydrogen-bond donors (Lipinski definition) is 1. The van der Waals surface area contributed by atoms with Gasteiger partial charge in [0.15, 0.2) is 10.1 Å². The van der Waals surface area contributed by atoms with Gasteiger partial charge in [0, 0.05) is 37.0 Å². The smallest absolute Gasteiger partial charge is 0.499 e. The van der Waals surface area contributed by atoms with Crippen molar-refractivity contribution >= 4 is 43.3 Å². The van der Waals surface area contributed by atoms with E-state index >= 15 is 0 Å². The predicted octanol–water partition coefficient (Wildman–Crippen LogP) is 4.05. The second-order valence-corrected chi connectivity index (χ2v) is 8.59. The van der Waals surface area contributed by atoms with Gasteiger partial charge in [0.1, 0.15) is 0 Å². The number of rotatable bonds is 12. The molecule has 1 N–H and O–H groups in total. The Morgan fingerprint density at radius 2 is 1.40 bits per heavy atom. The van der Waals surface area contributed by atoms with Gasteiger partial charge in [-0.05, 0) is 75.9 Å². The maximum atomic E-state index is 9.27.